The molecule has 19 heavy (non-hydrogen) atoms. The number of nitrogens with one attached hydrogen (secondary N) is 1. The van der Waals surface area contributed by atoms with Gasteiger partial charge in [0, 0.05) is 22.7 Å². The van der Waals surface area contributed by atoms with Crippen LogP contribution in [0.2, 0.25) is 0 Å². The van der Waals surface area contributed by atoms with E-state index >= 15 is 0 Å². The third-order valence-electron chi connectivity index (χ3n) is 3.58. The molecule has 1 saturated heterocycles. The van der Waals surface area contributed by atoms with E-state index in [9.17, 15) is 4.79 Å². The van der Waals surface area contributed by atoms with Crippen molar-refractivity contribution in [3.63, 3.8) is 0 Å². The second-order valence-corrected chi connectivity index (χ2v) is 6.23. The van der Waals surface area contributed by atoms with E-state index in [0.29, 0.717) is 6.04 Å². The average Bonchev–Trinajstić information content (AvgIpc) is 2.42. The van der Waals surface area contributed by atoms with Crippen molar-refractivity contribution in [2.24, 2.45) is 0 Å². The van der Waals surface area contributed by atoms with Gasteiger partial charge in [0.2, 0.25) is 0 Å². The highest BCUT2D eigenvalue weighted by molar-refractivity contribution is 14.1. The van der Waals surface area contributed by atoms with Crippen LogP contribution in [-0.2, 0) is 0 Å². The van der Waals surface area contributed by atoms with Crippen LogP contribution >= 0.6 is 22.6 Å². The zero-order chi connectivity index (χ0) is 13.7. The van der Waals surface area contributed by atoms with E-state index in [1.54, 1.807) is 0 Å². The fraction of sp³-hybridized carbons (Fsp3) is 0.533. The number of carbonyl (C=O) groups is 1. The smallest absolute Gasteiger partial charge is 0.252 e. The van der Waals surface area contributed by atoms with Crippen molar-refractivity contribution in [1.82, 2.24) is 10.2 Å². The van der Waals surface area contributed by atoms with Crippen LogP contribution in [0.1, 0.15) is 36.5 Å². The van der Waals surface area contributed by atoms with Gasteiger partial charge in [-0.2, -0.15) is 0 Å². The van der Waals surface area contributed by atoms with Crippen molar-refractivity contribution in [3.05, 3.63) is 33.4 Å². The van der Waals surface area contributed by atoms with Crippen molar-refractivity contribution in [1.29, 1.82) is 0 Å². The molecule has 3 nitrogen and oxygen atoms in total. The summed E-state index contributed by atoms with van der Waals surface area (Å²) in [4.78, 5) is 14.7. The molecule has 1 aliphatic heterocycles. The van der Waals surface area contributed by atoms with Crippen LogP contribution in [0.25, 0.3) is 0 Å². The third kappa shape index (κ3) is 4.18. The first kappa shape index (κ1) is 14.8. The molecule has 104 valence electrons. The van der Waals surface area contributed by atoms with Crippen LogP contribution in [0.3, 0.4) is 0 Å². The number of carbonyl (C=O) groups excluding carboxylic acids is 1. The zero-order valence-corrected chi connectivity index (χ0v) is 13.5. The largest absolute Gasteiger partial charge is 0.349 e. The van der Waals surface area contributed by atoms with Crippen molar-refractivity contribution in [3.8, 4) is 0 Å². The summed E-state index contributed by atoms with van der Waals surface area (Å²) in [5.41, 5.74) is 0.791. The summed E-state index contributed by atoms with van der Waals surface area (Å²) in [6, 6.07) is 8.07. The minimum atomic E-state index is 0.0685. The van der Waals surface area contributed by atoms with Crippen molar-refractivity contribution < 1.29 is 4.79 Å². The molecule has 0 radical (unpaired) electrons. The number of rotatable bonds is 4. The maximum Gasteiger partial charge on any atom is 0.252 e. The number of benzene rings is 1. The van der Waals surface area contributed by atoms with Crippen LogP contribution < -0.4 is 5.32 Å². The highest BCUT2D eigenvalue weighted by Gasteiger charge is 2.21. The van der Waals surface area contributed by atoms with Gasteiger partial charge >= 0.3 is 0 Å². The molecular weight excluding hydrogens is 351 g/mol. The number of likely N-dealkylation sites (tertiary alicyclic amines) is 1. The maximum absolute atomic E-state index is 12.2. The van der Waals surface area contributed by atoms with Gasteiger partial charge in [-0.1, -0.05) is 19.1 Å². The molecule has 1 aromatic carbocycles. The number of piperidine rings is 1. The normalized spacial score (nSPS) is 17.4. The summed E-state index contributed by atoms with van der Waals surface area (Å²) in [5.74, 6) is 0.0685. The molecule has 1 heterocycles. The molecule has 2 rings (SSSR count). The average molecular weight is 372 g/mol. The third-order valence-corrected chi connectivity index (χ3v) is 4.52. The van der Waals surface area contributed by atoms with E-state index < -0.39 is 0 Å². The molecule has 0 unspecified atom stereocenters. The summed E-state index contributed by atoms with van der Waals surface area (Å²) in [7, 11) is 0. The number of nitrogens with zero attached hydrogens (tertiary/aromatic N) is 1. The Kier molecular flexibility index (Phi) is 5.63. The first-order valence-corrected chi connectivity index (χ1v) is 8.06. The van der Waals surface area contributed by atoms with Crippen LogP contribution in [-0.4, -0.2) is 36.5 Å². The number of halogens is 1. The van der Waals surface area contributed by atoms with Crippen LogP contribution in [0.15, 0.2) is 24.3 Å². The van der Waals surface area contributed by atoms with E-state index in [4.69, 9.17) is 0 Å². The molecule has 0 aliphatic carbocycles. The highest BCUT2D eigenvalue weighted by Crippen LogP contribution is 2.14. The Morgan fingerprint density at radius 1 is 1.37 bits per heavy atom. The Labute approximate surface area is 128 Å². The molecule has 1 aliphatic rings. The van der Waals surface area contributed by atoms with Crippen molar-refractivity contribution in [2.75, 3.05) is 19.6 Å². The number of hydrogen-bond acceptors (Lipinski definition) is 2. The lowest BCUT2D eigenvalue weighted by Crippen LogP contribution is -2.44. The summed E-state index contributed by atoms with van der Waals surface area (Å²) < 4.78 is 1.01. The van der Waals surface area contributed by atoms with Gasteiger partial charge in [-0.05, 0) is 60.5 Å². The van der Waals surface area contributed by atoms with Gasteiger partial charge in [0.1, 0.15) is 0 Å². The molecule has 1 N–H and O–H groups in total. The Bertz CT molecular complexity index is 428. The Morgan fingerprint density at radius 2 is 2.05 bits per heavy atom. The van der Waals surface area contributed by atoms with E-state index in [1.165, 1.54) is 13.0 Å². The van der Waals surface area contributed by atoms with Gasteiger partial charge < -0.3 is 10.2 Å². The lowest BCUT2D eigenvalue weighted by molar-refractivity contribution is 0.0910. The molecule has 0 saturated carbocycles. The number of hydrogen-bond donors (Lipinski definition) is 1. The van der Waals surface area contributed by atoms with Crippen molar-refractivity contribution in [2.45, 2.75) is 32.2 Å². The minimum absolute atomic E-state index is 0.0685. The number of amides is 1. The lowest BCUT2D eigenvalue weighted by Gasteiger charge is -2.32. The first-order valence-electron chi connectivity index (χ1n) is 6.98. The predicted molar refractivity (Wildman–Crippen MR) is 86.4 cm³/mol. The Balaban J connectivity index is 1.86. The predicted octanol–water partition coefficient (Wildman–Crippen LogP) is 2.90. The molecule has 0 aromatic heterocycles. The monoisotopic (exact) mass is 372 g/mol. The zero-order valence-electron chi connectivity index (χ0n) is 11.4. The van der Waals surface area contributed by atoms with Gasteiger partial charge in [0.15, 0.2) is 0 Å². The van der Waals surface area contributed by atoms with Crippen molar-refractivity contribution >= 4 is 28.5 Å². The summed E-state index contributed by atoms with van der Waals surface area (Å²) in [5, 5.41) is 3.17. The molecule has 0 bridgehead atoms. The summed E-state index contributed by atoms with van der Waals surface area (Å²) in [6.45, 7) is 5.60. The Hall–Kier alpha value is -0.620. The minimum Gasteiger partial charge on any atom is -0.349 e. The lowest BCUT2D eigenvalue weighted by atomic mass is 10.0. The Morgan fingerprint density at radius 3 is 2.68 bits per heavy atom. The summed E-state index contributed by atoms with van der Waals surface area (Å²) in [6.07, 6.45) is 3.34. The van der Waals surface area contributed by atoms with Gasteiger partial charge in [0.25, 0.3) is 5.91 Å². The van der Waals surface area contributed by atoms with E-state index in [0.717, 1.165) is 35.1 Å². The molecule has 1 aromatic rings. The van der Waals surface area contributed by atoms with Gasteiger partial charge in [-0.3, -0.25) is 4.79 Å². The maximum atomic E-state index is 12.2. The fourth-order valence-electron chi connectivity index (χ4n) is 2.53. The molecule has 1 fully saturated rings. The standard InChI is InChI=1S/C15H21IN2O/c1-2-9-18-10-7-12(8-11-18)17-15(19)13-5-3-4-6-14(13)16/h3-6,12H,2,7-11H2,1H3,(H,17,19). The second-order valence-electron chi connectivity index (χ2n) is 5.07. The van der Waals surface area contributed by atoms with Gasteiger partial charge in [-0.15, -0.1) is 0 Å². The molecule has 0 atom stereocenters. The SMILES string of the molecule is CCCN1CCC(NC(=O)c2ccccc2I)CC1. The summed E-state index contributed by atoms with van der Waals surface area (Å²) >= 11 is 2.21. The molecule has 1 amide bonds. The van der Waals surface area contributed by atoms with Gasteiger partial charge in [0.05, 0.1) is 5.56 Å². The van der Waals surface area contributed by atoms with Crippen LogP contribution in [0.4, 0.5) is 0 Å². The topological polar surface area (TPSA) is 32.3 Å². The molecule has 4 heteroatoms. The quantitative estimate of drug-likeness (QED) is 0.825. The van der Waals surface area contributed by atoms with Gasteiger partial charge in [-0.25, -0.2) is 0 Å². The molecule has 0 spiro atoms. The highest BCUT2D eigenvalue weighted by atomic mass is 127. The second kappa shape index (κ2) is 7.24. The fourth-order valence-corrected chi connectivity index (χ4v) is 3.16. The molecular formula is C15H21IN2O. The van der Waals surface area contributed by atoms with E-state index in [2.05, 4.69) is 39.7 Å². The van der Waals surface area contributed by atoms with Crippen LogP contribution in [0, 0.1) is 3.57 Å². The van der Waals surface area contributed by atoms with Crippen LogP contribution in [0.5, 0.6) is 0 Å². The first-order chi connectivity index (χ1) is 9.20. The van der Waals surface area contributed by atoms with E-state index in [1.807, 2.05) is 24.3 Å². The van der Waals surface area contributed by atoms with E-state index in [-0.39, 0.29) is 5.91 Å².